The van der Waals surface area contributed by atoms with E-state index in [1.807, 2.05) is 18.2 Å². The third kappa shape index (κ3) is 4.40. The van der Waals surface area contributed by atoms with E-state index in [4.69, 9.17) is 10.6 Å². The van der Waals surface area contributed by atoms with Crippen molar-refractivity contribution in [2.24, 2.45) is 5.84 Å². The third-order valence-electron chi connectivity index (χ3n) is 2.98. The molecule has 0 atom stereocenters. The van der Waals surface area contributed by atoms with Crippen LogP contribution in [-0.4, -0.2) is 13.9 Å². The molecule has 103 valence electrons. The van der Waals surface area contributed by atoms with Crippen LogP contribution in [0.5, 0.6) is 0 Å². The number of nitrogens with two attached hydrogens (primary N) is 1. The monoisotopic (exact) mass is 267 g/mol. The predicted octanol–water partition coefficient (Wildman–Crippen LogP) is 1.55. The van der Waals surface area contributed by atoms with Crippen LogP contribution in [0.4, 0.5) is 5.69 Å². The van der Waals surface area contributed by atoms with Crippen molar-refractivity contribution in [3.05, 3.63) is 54.1 Å². The Kier molecular flexibility index (Phi) is 5.65. The van der Waals surface area contributed by atoms with Gasteiger partial charge in [-0.15, -0.1) is 0 Å². The molecule has 3 N–H and O–H groups in total. The zero-order valence-corrected chi connectivity index (χ0v) is 11.8. The second kappa shape index (κ2) is 7.73. The van der Waals surface area contributed by atoms with Gasteiger partial charge in [0, 0.05) is 12.3 Å². The van der Waals surface area contributed by atoms with Crippen LogP contribution < -0.4 is 22.2 Å². The topological polar surface area (TPSA) is 47.3 Å². The summed E-state index contributed by atoms with van der Waals surface area (Å²) < 4.78 is 5.52. The van der Waals surface area contributed by atoms with E-state index in [9.17, 15) is 0 Å². The molecule has 0 heterocycles. The van der Waals surface area contributed by atoms with Crippen LogP contribution in [0.25, 0.3) is 0 Å². The minimum absolute atomic E-state index is 0.681. The van der Waals surface area contributed by atoms with Crippen molar-refractivity contribution in [2.45, 2.75) is 20.0 Å². The Balaban J connectivity index is 1.95. The van der Waals surface area contributed by atoms with Crippen molar-refractivity contribution in [1.82, 2.24) is 0 Å². The van der Waals surface area contributed by atoms with Gasteiger partial charge in [0.1, 0.15) is 0 Å². The Morgan fingerprint density at radius 1 is 1.10 bits per heavy atom. The molecule has 2 aromatic rings. The second-order valence-electron chi connectivity index (χ2n) is 4.71. The van der Waals surface area contributed by atoms with Crippen LogP contribution in [0.3, 0.4) is 0 Å². The molecule has 20 heavy (non-hydrogen) atoms. The number of hydrogen-bond donors (Lipinski definition) is 2. The highest BCUT2D eigenvalue weighted by Crippen LogP contribution is 2.02. The molecule has 0 aliphatic rings. The number of nitrogen functional groups attached to an aromatic ring is 1. The van der Waals surface area contributed by atoms with E-state index in [0.29, 0.717) is 6.61 Å². The van der Waals surface area contributed by atoms with Crippen molar-refractivity contribution in [1.29, 1.82) is 0 Å². The Hall–Kier alpha value is -1.78. The standard InChI is InChI=1S/C16H20BN2O/c1-2-10-20-12-13-6-8-14(9-7-13)17-15-4-3-5-16(11-15)19-18/h3-9,11,19H,2,10,12,18H2,1H3. The lowest BCUT2D eigenvalue weighted by Gasteiger charge is -2.06. The smallest absolute Gasteiger partial charge is 0.191 e. The van der Waals surface area contributed by atoms with Crippen LogP contribution in [0.15, 0.2) is 48.5 Å². The van der Waals surface area contributed by atoms with Gasteiger partial charge in [-0.2, -0.15) is 0 Å². The Morgan fingerprint density at radius 2 is 1.90 bits per heavy atom. The molecule has 1 radical (unpaired) electrons. The van der Waals surface area contributed by atoms with Crippen molar-refractivity contribution in [3.8, 4) is 0 Å². The summed E-state index contributed by atoms with van der Waals surface area (Å²) in [6, 6.07) is 16.4. The molecule has 0 bridgehead atoms. The first-order valence-electron chi connectivity index (χ1n) is 6.90. The first kappa shape index (κ1) is 14.6. The summed E-state index contributed by atoms with van der Waals surface area (Å²) in [5.41, 5.74) is 7.05. The summed E-state index contributed by atoms with van der Waals surface area (Å²) in [5, 5.41) is 0. The lowest BCUT2D eigenvalue weighted by Crippen LogP contribution is -2.27. The van der Waals surface area contributed by atoms with E-state index >= 15 is 0 Å². The fourth-order valence-corrected chi connectivity index (χ4v) is 1.96. The van der Waals surface area contributed by atoms with Gasteiger partial charge in [-0.05, 0) is 24.1 Å². The van der Waals surface area contributed by atoms with E-state index in [2.05, 4.69) is 50.0 Å². The summed E-state index contributed by atoms with van der Waals surface area (Å²) in [6.45, 7) is 3.61. The van der Waals surface area contributed by atoms with E-state index < -0.39 is 0 Å². The summed E-state index contributed by atoms with van der Waals surface area (Å²) in [6.07, 6.45) is 1.05. The number of hydrogen-bond acceptors (Lipinski definition) is 3. The van der Waals surface area contributed by atoms with Gasteiger partial charge in [-0.3, -0.25) is 5.84 Å². The van der Waals surface area contributed by atoms with Gasteiger partial charge in [0.15, 0.2) is 7.28 Å². The molecule has 2 rings (SSSR count). The lowest BCUT2D eigenvalue weighted by molar-refractivity contribution is 0.121. The summed E-state index contributed by atoms with van der Waals surface area (Å²) in [4.78, 5) is 0. The molecule has 0 aliphatic carbocycles. The Bertz CT molecular complexity index is 528. The molecular formula is C16H20BN2O. The van der Waals surface area contributed by atoms with Crippen LogP contribution in [0, 0.1) is 0 Å². The van der Waals surface area contributed by atoms with Gasteiger partial charge in [0.05, 0.1) is 6.61 Å². The average Bonchev–Trinajstić information content (AvgIpc) is 2.49. The second-order valence-corrected chi connectivity index (χ2v) is 4.71. The highest BCUT2D eigenvalue weighted by atomic mass is 16.5. The van der Waals surface area contributed by atoms with Gasteiger partial charge in [-0.1, -0.05) is 54.2 Å². The number of anilines is 1. The summed E-state index contributed by atoms with van der Waals surface area (Å²) in [7, 11) is 2.12. The average molecular weight is 267 g/mol. The van der Waals surface area contributed by atoms with Crippen LogP contribution in [-0.2, 0) is 11.3 Å². The lowest BCUT2D eigenvalue weighted by atomic mass is 9.64. The van der Waals surface area contributed by atoms with Crippen LogP contribution in [0.2, 0.25) is 0 Å². The maximum atomic E-state index is 5.52. The number of ether oxygens (including phenoxy) is 1. The number of rotatable bonds is 7. The molecule has 0 saturated heterocycles. The molecule has 0 saturated carbocycles. The maximum Gasteiger partial charge on any atom is 0.191 e. The zero-order chi connectivity index (χ0) is 14.2. The van der Waals surface area contributed by atoms with Crippen molar-refractivity contribution in [3.63, 3.8) is 0 Å². The number of benzene rings is 2. The van der Waals surface area contributed by atoms with Crippen molar-refractivity contribution >= 4 is 23.9 Å². The Morgan fingerprint density at radius 3 is 2.60 bits per heavy atom. The molecule has 0 unspecified atom stereocenters. The van der Waals surface area contributed by atoms with Gasteiger partial charge >= 0.3 is 0 Å². The summed E-state index contributed by atoms with van der Waals surface area (Å²) >= 11 is 0. The first-order valence-corrected chi connectivity index (χ1v) is 6.90. The Labute approximate surface area is 121 Å². The van der Waals surface area contributed by atoms with E-state index in [0.717, 1.165) is 24.2 Å². The molecule has 0 amide bonds. The normalized spacial score (nSPS) is 10.3. The van der Waals surface area contributed by atoms with E-state index in [1.54, 1.807) is 0 Å². The van der Waals surface area contributed by atoms with Gasteiger partial charge < -0.3 is 10.2 Å². The molecular weight excluding hydrogens is 247 g/mol. The summed E-state index contributed by atoms with van der Waals surface area (Å²) in [5.74, 6) is 5.41. The maximum absolute atomic E-state index is 5.52. The van der Waals surface area contributed by atoms with Crippen LogP contribution >= 0.6 is 0 Å². The van der Waals surface area contributed by atoms with Crippen molar-refractivity contribution in [2.75, 3.05) is 12.0 Å². The number of hydrazine groups is 1. The quantitative estimate of drug-likeness (QED) is 0.346. The number of nitrogens with one attached hydrogen (secondary N) is 1. The zero-order valence-electron chi connectivity index (χ0n) is 11.8. The SMILES string of the molecule is CCCOCc1ccc([B]c2cccc(NN)c2)cc1. The third-order valence-corrected chi connectivity index (χ3v) is 2.98. The molecule has 3 nitrogen and oxygen atoms in total. The van der Waals surface area contributed by atoms with Crippen LogP contribution in [0.1, 0.15) is 18.9 Å². The molecule has 0 aromatic heterocycles. The highest BCUT2D eigenvalue weighted by Gasteiger charge is 2.01. The largest absolute Gasteiger partial charge is 0.377 e. The predicted molar refractivity (Wildman–Crippen MR) is 85.7 cm³/mol. The molecule has 0 fully saturated rings. The molecule has 2 aromatic carbocycles. The highest BCUT2D eigenvalue weighted by molar-refractivity contribution is 6.67. The minimum Gasteiger partial charge on any atom is -0.377 e. The molecule has 0 spiro atoms. The van der Waals surface area contributed by atoms with Gasteiger partial charge in [0.2, 0.25) is 0 Å². The van der Waals surface area contributed by atoms with E-state index in [1.165, 1.54) is 11.0 Å². The van der Waals surface area contributed by atoms with Gasteiger partial charge in [0.25, 0.3) is 0 Å². The first-order chi connectivity index (χ1) is 9.81. The van der Waals surface area contributed by atoms with Crippen molar-refractivity contribution < 1.29 is 4.74 Å². The van der Waals surface area contributed by atoms with E-state index in [-0.39, 0.29) is 0 Å². The van der Waals surface area contributed by atoms with Gasteiger partial charge in [-0.25, -0.2) is 0 Å². The molecule has 4 heteroatoms. The molecule has 0 aliphatic heterocycles. The fourth-order valence-electron chi connectivity index (χ4n) is 1.96. The minimum atomic E-state index is 0.681. The fraction of sp³-hybridized carbons (Fsp3) is 0.250.